The zero-order valence-corrected chi connectivity index (χ0v) is 11.7. The number of carbonyl (C=O) groups is 2. The van der Waals surface area contributed by atoms with Gasteiger partial charge in [-0.2, -0.15) is 0 Å². The topological polar surface area (TPSA) is 79.3 Å². The minimum atomic E-state index is -0.857. The van der Waals surface area contributed by atoms with Crippen molar-refractivity contribution in [2.45, 2.75) is 19.8 Å². The molecule has 0 aliphatic carbocycles. The maximum atomic E-state index is 12.1. The predicted octanol–water partition coefficient (Wildman–Crippen LogP) is 2.72. The Morgan fingerprint density at radius 1 is 1.35 bits per heavy atom. The largest absolute Gasteiger partial charge is 0.481 e. The average molecular weight is 290 g/mol. The lowest BCUT2D eigenvalue weighted by molar-refractivity contribution is -0.136. The van der Waals surface area contributed by atoms with E-state index in [1.165, 1.54) is 11.3 Å². The summed E-state index contributed by atoms with van der Waals surface area (Å²) in [4.78, 5) is 27.4. The molecule has 2 N–H and O–H groups in total. The third kappa shape index (κ3) is 3.42. The summed E-state index contributed by atoms with van der Waals surface area (Å²) >= 11 is 1.28. The van der Waals surface area contributed by atoms with Gasteiger partial charge in [0.05, 0.1) is 11.2 Å². The highest BCUT2D eigenvalue weighted by molar-refractivity contribution is 7.12. The van der Waals surface area contributed by atoms with Crippen LogP contribution in [0.5, 0.6) is 0 Å². The molecular weight excluding hydrogens is 276 g/mol. The van der Waals surface area contributed by atoms with E-state index in [2.05, 4.69) is 10.3 Å². The summed E-state index contributed by atoms with van der Waals surface area (Å²) < 4.78 is 0. The number of hydrogen-bond acceptors (Lipinski definition) is 4. The molecule has 0 radical (unpaired) electrons. The van der Waals surface area contributed by atoms with Crippen LogP contribution >= 0.6 is 11.3 Å². The number of amides is 1. The molecule has 6 heteroatoms. The first-order valence-electron chi connectivity index (χ1n) is 6.09. The highest BCUT2D eigenvalue weighted by Crippen LogP contribution is 2.20. The van der Waals surface area contributed by atoms with Crippen LogP contribution in [-0.4, -0.2) is 22.0 Å². The fraction of sp³-hybridized carbons (Fsp3) is 0.214. The smallest absolute Gasteiger partial charge is 0.303 e. The second-order valence-electron chi connectivity index (χ2n) is 4.27. The Morgan fingerprint density at radius 3 is 2.75 bits per heavy atom. The van der Waals surface area contributed by atoms with Gasteiger partial charge in [0.1, 0.15) is 4.88 Å². The van der Waals surface area contributed by atoms with Crippen LogP contribution in [0.1, 0.15) is 27.3 Å². The van der Waals surface area contributed by atoms with Crippen LogP contribution in [0.3, 0.4) is 0 Å². The van der Waals surface area contributed by atoms with E-state index in [1.54, 1.807) is 24.6 Å². The van der Waals surface area contributed by atoms with E-state index in [0.717, 1.165) is 5.56 Å². The summed E-state index contributed by atoms with van der Waals surface area (Å²) in [7, 11) is 0. The Labute approximate surface area is 120 Å². The predicted molar refractivity (Wildman–Crippen MR) is 77.2 cm³/mol. The molecule has 1 aromatic carbocycles. The van der Waals surface area contributed by atoms with Gasteiger partial charge in [0.15, 0.2) is 0 Å². The van der Waals surface area contributed by atoms with E-state index < -0.39 is 5.97 Å². The number of carbonyl (C=O) groups excluding carboxylic acids is 1. The van der Waals surface area contributed by atoms with Crippen LogP contribution in [0, 0.1) is 6.92 Å². The Hall–Kier alpha value is -2.21. The van der Waals surface area contributed by atoms with Gasteiger partial charge in [-0.3, -0.25) is 9.59 Å². The van der Waals surface area contributed by atoms with Crippen molar-refractivity contribution in [3.05, 3.63) is 45.9 Å². The number of rotatable bonds is 5. The number of benzene rings is 1. The quantitative estimate of drug-likeness (QED) is 0.887. The van der Waals surface area contributed by atoms with Gasteiger partial charge in [-0.1, -0.05) is 18.2 Å². The van der Waals surface area contributed by atoms with Gasteiger partial charge in [0.2, 0.25) is 0 Å². The number of hydrogen-bond donors (Lipinski definition) is 2. The van der Waals surface area contributed by atoms with Crippen LogP contribution in [0.25, 0.3) is 0 Å². The zero-order valence-electron chi connectivity index (χ0n) is 10.9. The average Bonchev–Trinajstić information content (AvgIpc) is 2.84. The number of carboxylic acids is 1. The van der Waals surface area contributed by atoms with Crippen LogP contribution in [-0.2, 0) is 11.2 Å². The lowest BCUT2D eigenvalue weighted by Crippen LogP contribution is -2.13. The fourth-order valence-corrected chi connectivity index (χ4v) is 2.50. The Morgan fingerprint density at radius 2 is 2.10 bits per heavy atom. The Bertz CT molecular complexity index is 637. The molecule has 0 spiro atoms. The molecule has 0 atom stereocenters. The SMILES string of the molecule is Cc1ncsc1C(=O)Nc1ccccc1CCC(=O)O. The standard InChI is InChI=1S/C14H14N2O3S/c1-9-13(20-8-15-9)14(19)16-11-5-3-2-4-10(11)6-7-12(17)18/h2-5,8H,6-7H2,1H3,(H,16,19)(H,17,18). The van der Waals surface area contributed by atoms with Crippen molar-refractivity contribution in [1.82, 2.24) is 4.98 Å². The molecule has 20 heavy (non-hydrogen) atoms. The normalized spacial score (nSPS) is 10.2. The molecule has 1 amide bonds. The molecule has 5 nitrogen and oxygen atoms in total. The van der Waals surface area contributed by atoms with E-state index in [-0.39, 0.29) is 12.3 Å². The summed E-state index contributed by atoms with van der Waals surface area (Å²) in [5.74, 6) is -1.07. The van der Waals surface area contributed by atoms with Gasteiger partial charge in [0.25, 0.3) is 5.91 Å². The number of nitrogens with zero attached hydrogens (tertiary/aromatic N) is 1. The first-order valence-corrected chi connectivity index (χ1v) is 6.97. The van der Waals surface area contributed by atoms with Gasteiger partial charge in [0, 0.05) is 12.1 Å². The molecule has 0 unspecified atom stereocenters. The number of anilines is 1. The third-order valence-electron chi connectivity index (χ3n) is 2.83. The first-order chi connectivity index (χ1) is 9.58. The molecule has 1 aromatic heterocycles. The van der Waals surface area contributed by atoms with Gasteiger partial charge < -0.3 is 10.4 Å². The second kappa shape index (κ2) is 6.29. The Balaban J connectivity index is 2.15. The number of nitrogens with one attached hydrogen (secondary N) is 1. The van der Waals surface area contributed by atoms with E-state index in [4.69, 9.17) is 5.11 Å². The first kappa shape index (κ1) is 14.2. The van der Waals surface area contributed by atoms with Crippen molar-refractivity contribution in [1.29, 1.82) is 0 Å². The molecule has 2 rings (SSSR count). The van der Waals surface area contributed by atoms with Crippen molar-refractivity contribution < 1.29 is 14.7 Å². The van der Waals surface area contributed by atoms with Crippen LogP contribution in [0.15, 0.2) is 29.8 Å². The molecule has 0 saturated heterocycles. The van der Waals surface area contributed by atoms with E-state index in [9.17, 15) is 9.59 Å². The minimum absolute atomic E-state index is 0.0342. The van der Waals surface area contributed by atoms with Gasteiger partial charge in [-0.15, -0.1) is 11.3 Å². The lowest BCUT2D eigenvalue weighted by atomic mass is 10.1. The van der Waals surface area contributed by atoms with Crippen LogP contribution < -0.4 is 5.32 Å². The number of thiazole rings is 1. The van der Waals surface area contributed by atoms with E-state index in [1.807, 2.05) is 12.1 Å². The zero-order chi connectivity index (χ0) is 14.5. The maximum absolute atomic E-state index is 12.1. The van der Waals surface area contributed by atoms with Crippen molar-refractivity contribution in [2.75, 3.05) is 5.32 Å². The lowest BCUT2D eigenvalue weighted by Gasteiger charge is -2.09. The summed E-state index contributed by atoms with van der Waals surface area (Å²) in [6.07, 6.45) is 0.417. The molecule has 0 aliphatic heterocycles. The summed E-state index contributed by atoms with van der Waals surface area (Å²) in [6.45, 7) is 1.78. The monoisotopic (exact) mass is 290 g/mol. The summed E-state index contributed by atoms with van der Waals surface area (Å²) in [5, 5.41) is 11.6. The molecule has 1 heterocycles. The summed E-state index contributed by atoms with van der Waals surface area (Å²) in [5.41, 5.74) is 3.77. The number of aryl methyl sites for hydroxylation is 2. The van der Waals surface area contributed by atoms with Crippen LogP contribution in [0.4, 0.5) is 5.69 Å². The van der Waals surface area contributed by atoms with Crippen molar-refractivity contribution in [3.63, 3.8) is 0 Å². The molecule has 0 fully saturated rings. The van der Waals surface area contributed by atoms with Crippen LogP contribution in [0.2, 0.25) is 0 Å². The number of aromatic nitrogens is 1. The summed E-state index contributed by atoms with van der Waals surface area (Å²) in [6, 6.07) is 7.22. The highest BCUT2D eigenvalue weighted by atomic mass is 32.1. The number of carboxylic acid groups (broad SMARTS) is 1. The number of aliphatic carboxylic acids is 1. The van der Waals surface area contributed by atoms with Gasteiger partial charge >= 0.3 is 5.97 Å². The molecule has 0 aliphatic rings. The molecule has 2 aromatic rings. The fourth-order valence-electron chi connectivity index (χ4n) is 1.80. The van der Waals surface area contributed by atoms with Gasteiger partial charge in [-0.25, -0.2) is 4.98 Å². The second-order valence-corrected chi connectivity index (χ2v) is 5.13. The van der Waals surface area contributed by atoms with E-state index >= 15 is 0 Å². The van der Waals surface area contributed by atoms with E-state index in [0.29, 0.717) is 22.7 Å². The molecule has 104 valence electrons. The van der Waals surface area contributed by atoms with Crippen molar-refractivity contribution in [2.24, 2.45) is 0 Å². The maximum Gasteiger partial charge on any atom is 0.303 e. The number of para-hydroxylation sites is 1. The van der Waals surface area contributed by atoms with Gasteiger partial charge in [-0.05, 0) is 25.0 Å². The minimum Gasteiger partial charge on any atom is -0.481 e. The molecule has 0 saturated carbocycles. The third-order valence-corrected chi connectivity index (χ3v) is 3.75. The molecule has 0 bridgehead atoms. The Kier molecular flexibility index (Phi) is 4.47. The van der Waals surface area contributed by atoms with Crippen molar-refractivity contribution >= 4 is 28.9 Å². The van der Waals surface area contributed by atoms with Crippen molar-refractivity contribution in [3.8, 4) is 0 Å². The highest BCUT2D eigenvalue weighted by Gasteiger charge is 2.13. The molecular formula is C14H14N2O3S.